The average Bonchev–Trinajstić information content (AvgIpc) is 3.27. The Kier molecular flexibility index (Phi) is 4.55. The van der Waals surface area contributed by atoms with Gasteiger partial charge in [-0.3, -0.25) is 14.6 Å². The maximum atomic E-state index is 13.5. The Morgan fingerprint density at radius 3 is 2.55 bits per heavy atom. The van der Waals surface area contributed by atoms with E-state index < -0.39 is 0 Å². The van der Waals surface area contributed by atoms with Crippen LogP contribution >= 0.6 is 0 Å². The Bertz CT molecular complexity index is 1050. The van der Waals surface area contributed by atoms with E-state index in [9.17, 15) is 4.39 Å². The topological polar surface area (TPSA) is 34.0 Å². The van der Waals surface area contributed by atoms with Gasteiger partial charge in [0, 0.05) is 49.7 Å². The van der Waals surface area contributed by atoms with Gasteiger partial charge >= 0.3 is 0 Å². The van der Waals surface area contributed by atoms with Crippen molar-refractivity contribution in [3.63, 3.8) is 0 Å². The quantitative estimate of drug-likeness (QED) is 0.647. The lowest BCUT2D eigenvalue weighted by Gasteiger charge is -2.28. The van der Waals surface area contributed by atoms with Crippen molar-refractivity contribution < 1.29 is 4.39 Å². The van der Waals surface area contributed by atoms with Crippen LogP contribution in [0.3, 0.4) is 0 Å². The van der Waals surface area contributed by atoms with E-state index in [4.69, 9.17) is 5.10 Å². The molecule has 148 valence electrons. The molecule has 2 unspecified atom stereocenters. The third kappa shape index (κ3) is 3.29. The van der Waals surface area contributed by atoms with Crippen LogP contribution in [0.2, 0.25) is 0 Å². The maximum absolute atomic E-state index is 13.5. The van der Waals surface area contributed by atoms with Gasteiger partial charge < -0.3 is 0 Å². The molecular weight excluding hydrogens is 363 g/mol. The van der Waals surface area contributed by atoms with Gasteiger partial charge in [0.05, 0.1) is 5.69 Å². The predicted molar refractivity (Wildman–Crippen MR) is 114 cm³/mol. The van der Waals surface area contributed by atoms with E-state index >= 15 is 0 Å². The summed E-state index contributed by atoms with van der Waals surface area (Å²) < 4.78 is 15.5. The van der Waals surface area contributed by atoms with Crippen molar-refractivity contribution in [3.8, 4) is 22.4 Å². The second-order valence-corrected chi connectivity index (χ2v) is 8.28. The zero-order valence-electron chi connectivity index (χ0n) is 16.8. The summed E-state index contributed by atoms with van der Waals surface area (Å²) in [5.41, 5.74) is 6.52. The van der Waals surface area contributed by atoms with Crippen molar-refractivity contribution in [2.75, 3.05) is 13.1 Å². The minimum absolute atomic E-state index is 0.235. The molecule has 0 radical (unpaired) electrons. The summed E-state index contributed by atoms with van der Waals surface area (Å²) in [6.07, 6.45) is 8.32. The van der Waals surface area contributed by atoms with Crippen LogP contribution in [0.15, 0.2) is 54.9 Å². The molecule has 0 saturated carbocycles. The van der Waals surface area contributed by atoms with Crippen LogP contribution in [0, 0.1) is 11.7 Å². The molecule has 0 bridgehead atoms. The molecule has 1 aromatic carbocycles. The normalized spacial score (nSPS) is 21.8. The van der Waals surface area contributed by atoms with Gasteiger partial charge in [-0.1, -0.05) is 13.0 Å². The molecule has 0 spiro atoms. The van der Waals surface area contributed by atoms with Gasteiger partial charge in [-0.25, -0.2) is 4.39 Å². The van der Waals surface area contributed by atoms with Crippen LogP contribution in [-0.4, -0.2) is 38.8 Å². The van der Waals surface area contributed by atoms with Gasteiger partial charge in [-0.05, 0) is 66.3 Å². The van der Waals surface area contributed by atoms with Crippen molar-refractivity contribution in [2.45, 2.75) is 25.8 Å². The van der Waals surface area contributed by atoms with Crippen LogP contribution in [0.5, 0.6) is 0 Å². The number of aromatic nitrogens is 3. The van der Waals surface area contributed by atoms with Crippen LogP contribution in [0.25, 0.3) is 28.0 Å². The van der Waals surface area contributed by atoms with Crippen LogP contribution in [0.1, 0.15) is 25.5 Å². The summed E-state index contributed by atoms with van der Waals surface area (Å²) in [4.78, 5) is 6.78. The lowest BCUT2D eigenvalue weighted by atomic mass is 9.92. The minimum Gasteiger partial charge on any atom is -0.296 e. The first-order chi connectivity index (χ1) is 14.1. The Labute approximate surface area is 170 Å². The number of fused-ring (bicyclic) bond motifs is 1. The Balaban J connectivity index is 1.68. The largest absolute Gasteiger partial charge is 0.296 e. The zero-order chi connectivity index (χ0) is 20.0. The molecule has 1 fully saturated rings. The first-order valence-corrected chi connectivity index (χ1v) is 10.3. The van der Waals surface area contributed by atoms with E-state index in [1.165, 1.54) is 30.7 Å². The highest BCUT2D eigenvalue weighted by Gasteiger charge is 2.33. The molecule has 4 nitrogen and oxygen atoms in total. The molecule has 2 aliphatic heterocycles. The van der Waals surface area contributed by atoms with Gasteiger partial charge in [0.25, 0.3) is 0 Å². The number of halogens is 1. The number of hydrogen-bond acceptors (Lipinski definition) is 3. The van der Waals surface area contributed by atoms with Gasteiger partial charge in [0.2, 0.25) is 0 Å². The summed E-state index contributed by atoms with van der Waals surface area (Å²) in [6, 6.07) is 11.2. The van der Waals surface area contributed by atoms with E-state index in [0.29, 0.717) is 6.04 Å². The fourth-order valence-corrected chi connectivity index (χ4v) is 4.87. The first-order valence-electron chi connectivity index (χ1n) is 10.3. The lowest BCUT2D eigenvalue weighted by molar-refractivity contribution is 0.282. The van der Waals surface area contributed by atoms with E-state index in [-0.39, 0.29) is 5.82 Å². The molecule has 4 heterocycles. The average molecular weight is 388 g/mol. The van der Waals surface area contributed by atoms with Gasteiger partial charge in [0.15, 0.2) is 0 Å². The first kappa shape index (κ1) is 18.3. The molecule has 29 heavy (non-hydrogen) atoms. The van der Waals surface area contributed by atoms with E-state index in [1.54, 1.807) is 0 Å². The Hall–Kier alpha value is -2.79. The smallest absolute Gasteiger partial charge is 0.123 e. The molecule has 3 aromatic rings. The van der Waals surface area contributed by atoms with E-state index in [1.807, 2.05) is 48.4 Å². The van der Waals surface area contributed by atoms with Gasteiger partial charge in [0.1, 0.15) is 11.5 Å². The van der Waals surface area contributed by atoms with Crippen LogP contribution in [-0.2, 0) is 7.05 Å². The summed E-state index contributed by atoms with van der Waals surface area (Å²) in [5, 5.41) is 4.88. The highest BCUT2D eigenvalue weighted by molar-refractivity contribution is 5.89. The lowest BCUT2D eigenvalue weighted by Crippen LogP contribution is -2.32. The fourth-order valence-electron chi connectivity index (χ4n) is 4.87. The Morgan fingerprint density at radius 2 is 1.79 bits per heavy atom. The number of aryl methyl sites for hydroxylation is 1. The molecular formula is C24H25FN4. The molecule has 0 aliphatic carbocycles. The van der Waals surface area contributed by atoms with Crippen molar-refractivity contribution in [1.29, 1.82) is 0 Å². The molecule has 1 saturated heterocycles. The van der Waals surface area contributed by atoms with E-state index in [0.717, 1.165) is 47.0 Å². The Morgan fingerprint density at radius 1 is 1.03 bits per heavy atom. The van der Waals surface area contributed by atoms with Gasteiger partial charge in [-0.2, -0.15) is 5.10 Å². The summed E-state index contributed by atoms with van der Waals surface area (Å²) in [7, 11) is 2.01. The monoisotopic (exact) mass is 388 g/mol. The summed E-state index contributed by atoms with van der Waals surface area (Å²) >= 11 is 0. The number of hydrogen-bond donors (Lipinski definition) is 0. The van der Waals surface area contributed by atoms with Crippen LogP contribution < -0.4 is 0 Å². The third-order valence-electron chi connectivity index (χ3n) is 6.16. The summed E-state index contributed by atoms with van der Waals surface area (Å²) in [5.74, 6) is 0.511. The van der Waals surface area contributed by atoms with E-state index in [2.05, 4.69) is 22.9 Å². The van der Waals surface area contributed by atoms with Crippen molar-refractivity contribution in [3.05, 3.63) is 66.4 Å². The number of benzene rings is 1. The molecule has 0 amide bonds. The minimum atomic E-state index is -0.235. The fraction of sp³-hybridized carbons (Fsp3) is 0.333. The second-order valence-electron chi connectivity index (χ2n) is 8.28. The highest BCUT2D eigenvalue weighted by Crippen LogP contribution is 2.41. The van der Waals surface area contributed by atoms with Gasteiger partial charge in [-0.15, -0.1) is 0 Å². The van der Waals surface area contributed by atoms with Crippen molar-refractivity contribution >= 4 is 5.57 Å². The highest BCUT2D eigenvalue weighted by atomic mass is 19.1. The van der Waals surface area contributed by atoms with Crippen molar-refractivity contribution in [2.24, 2.45) is 13.0 Å². The standard InChI is InChI=1S/C24H25FN4/c1-16-13-21-14-19(9-12-29(21)15-16)24-22(17-7-10-26-11-8-17)23(27-28(24)2)18-3-5-20(25)6-4-18/h3-8,10-11,14,16,21H,9,12-13,15H2,1-2H3. The molecule has 2 aliphatic rings. The number of nitrogens with zero attached hydrogens (tertiary/aromatic N) is 4. The van der Waals surface area contributed by atoms with Crippen molar-refractivity contribution in [1.82, 2.24) is 19.7 Å². The molecule has 5 rings (SSSR count). The predicted octanol–water partition coefficient (Wildman–Crippen LogP) is 4.79. The number of rotatable bonds is 3. The molecule has 2 aromatic heterocycles. The SMILES string of the molecule is CC1CC2C=C(c3c(-c4ccncc4)c(-c4ccc(F)cc4)nn3C)CCN2C1. The molecule has 2 atom stereocenters. The zero-order valence-corrected chi connectivity index (χ0v) is 16.8. The summed E-state index contributed by atoms with van der Waals surface area (Å²) in [6.45, 7) is 4.62. The maximum Gasteiger partial charge on any atom is 0.123 e. The second kappa shape index (κ2) is 7.23. The van der Waals surface area contributed by atoms with Crippen LogP contribution in [0.4, 0.5) is 4.39 Å². The number of pyridine rings is 1. The molecule has 5 heteroatoms. The third-order valence-corrected chi connectivity index (χ3v) is 6.16. The molecule has 0 N–H and O–H groups in total.